The van der Waals surface area contributed by atoms with Crippen molar-refractivity contribution in [1.82, 2.24) is 15.1 Å². The van der Waals surface area contributed by atoms with E-state index >= 15 is 0 Å². The van der Waals surface area contributed by atoms with Gasteiger partial charge in [0, 0.05) is 41.7 Å². The Morgan fingerprint density at radius 2 is 1.58 bits per heavy atom. The van der Waals surface area contributed by atoms with Crippen LogP contribution in [0.4, 0.5) is 11.5 Å². The predicted octanol–water partition coefficient (Wildman–Crippen LogP) is 5.14. The minimum Gasteiger partial charge on any atom is -0.494 e. The highest BCUT2D eigenvalue weighted by atomic mass is 16.5. The number of nitrogens with one attached hydrogen (secondary N) is 1. The number of aromatic nitrogens is 2. The van der Waals surface area contributed by atoms with E-state index in [0.29, 0.717) is 18.0 Å². The van der Waals surface area contributed by atoms with Gasteiger partial charge in [0.25, 0.3) is 5.91 Å². The Morgan fingerprint density at radius 1 is 0.903 bits per heavy atom. The molecular weight excluding hydrogens is 388 g/mol. The number of rotatable bonds is 6. The Balaban J connectivity index is 1.66. The largest absolute Gasteiger partial charge is 0.494 e. The Labute approximate surface area is 181 Å². The van der Waals surface area contributed by atoms with Gasteiger partial charge in [0.15, 0.2) is 5.82 Å². The van der Waals surface area contributed by atoms with Gasteiger partial charge in [0.2, 0.25) is 0 Å². The van der Waals surface area contributed by atoms with Crippen molar-refractivity contribution in [3.8, 4) is 17.0 Å². The van der Waals surface area contributed by atoms with Gasteiger partial charge in [-0.25, -0.2) is 0 Å². The second-order valence-electron chi connectivity index (χ2n) is 7.30. The normalized spacial score (nSPS) is 10.7. The van der Waals surface area contributed by atoms with E-state index in [4.69, 9.17) is 4.74 Å². The lowest BCUT2D eigenvalue weighted by Gasteiger charge is -2.13. The van der Waals surface area contributed by atoms with Crippen LogP contribution in [-0.4, -0.2) is 41.7 Å². The third-order valence-corrected chi connectivity index (χ3v) is 4.93. The van der Waals surface area contributed by atoms with E-state index in [2.05, 4.69) is 15.5 Å². The molecule has 4 aromatic rings. The first kappa shape index (κ1) is 20.3. The number of anilines is 2. The Morgan fingerprint density at radius 3 is 2.23 bits per heavy atom. The van der Waals surface area contributed by atoms with Crippen LogP contribution in [0.2, 0.25) is 0 Å². The standard InChI is InChI=1S/C25H24N4O2/c1-4-31-20-15-11-17(12-16-20)23-21-7-5-6-8-22(21)24(28-27-23)26-19-13-9-18(10-14-19)25(30)29(2)3/h5-16H,4H2,1-3H3,(H,26,28). The highest BCUT2D eigenvalue weighted by Crippen LogP contribution is 2.31. The van der Waals surface area contributed by atoms with Gasteiger partial charge in [-0.15, -0.1) is 10.2 Å². The Hall–Kier alpha value is -3.93. The lowest BCUT2D eigenvalue weighted by Crippen LogP contribution is -2.21. The first-order chi connectivity index (χ1) is 15.1. The minimum absolute atomic E-state index is 0.0310. The molecule has 156 valence electrons. The summed E-state index contributed by atoms with van der Waals surface area (Å²) in [5.74, 6) is 1.46. The lowest BCUT2D eigenvalue weighted by molar-refractivity contribution is 0.0827. The van der Waals surface area contributed by atoms with E-state index in [0.717, 1.165) is 33.5 Å². The van der Waals surface area contributed by atoms with E-state index in [9.17, 15) is 4.79 Å². The first-order valence-electron chi connectivity index (χ1n) is 10.1. The number of hydrogen-bond donors (Lipinski definition) is 1. The van der Waals surface area contributed by atoms with Crippen LogP contribution in [0.15, 0.2) is 72.8 Å². The zero-order chi connectivity index (χ0) is 21.8. The molecule has 0 saturated carbocycles. The van der Waals surface area contributed by atoms with Crippen LogP contribution in [-0.2, 0) is 0 Å². The molecule has 0 aliphatic carbocycles. The Kier molecular flexibility index (Phi) is 5.80. The minimum atomic E-state index is -0.0310. The quantitative estimate of drug-likeness (QED) is 0.475. The predicted molar refractivity (Wildman–Crippen MR) is 124 cm³/mol. The lowest BCUT2D eigenvalue weighted by atomic mass is 10.0. The van der Waals surface area contributed by atoms with Crippen molar-refractivity contribution in [1.29, 1.82) is 0 Å². The molecule has 4 rings (SSSR count). The van der Waals surface area contributed by atoms with Gasteiger partial charge in [-0.3, -0.25) is 4.79 Å². The molecule has 6 heteroatoms. The average Bonchev–Trinajstić information content (AvgIpc) is 2.80. The van der Waals surface area contributed by atoms with Gasteiger partial charge in [0.05, 0.1) is 6.61 Å². The topological polar surface area (TPSA) is 67.4 Å². The zero-order valence-corrected chi connectivity index (χ0v) is 17.8. The number of carbonyl (C=O) groups excluding carboxylic acids is 1. The van der Waals surface area contributed by atoms with Crippen LogP contribution in [0.25, 0.3) is 22.0 Å². The van der Waals surface area contributed by atoms with E-state index in [-0.39, 0.29) is 5.91 Å². The summed E-state index contributed by atoms with van der Waals surface area (Å²) in [5, 5.41) is 14.3. The molecule has 0 atom stereocenters. The fourth-order valence-corrected chi connectivity index (χ4v) is 3.38. The summed E-state index contributed by atoms with van der Waals surface area (Å²) in [6, 6.07) is 23.3. The third kappa shape index (κ3) is 4.33. The number of nitrogens with zero attached hydrogens (tertiary/aromatic N) is 3. The molecule has 1 amide bonds. The summed E-state index contributed by atoms with van der Waals surface area (Å²) in [5.41, 5.74) is 3.27. The molecule has 0 aliphatic rings. The van der Waals surface area contributed by atoms with E-state index in [1.54, 1.807) is 31.1 Å². The van der Waals surface area contributed by atoms with Crippen molar-refractivity contribution in [3.63, 3.8) is 0 Å². The first-order valence-corrected chi connectivity index (χ1v) is 10.1. The number of benzene rings is 3. The molecule has 1 heterocycles. The van der Waals surface area contributed by atoms with E-state index < -0.39 is 0 Å². The van der Waals surface area contributed by atoms with Crippen LogP contribution in [0.1, 0.15) is 17.3 Å². The van der Waals surface area contributed by atoms with Crippen LogP contribution in [0.5, 0.6) is 5.75 Å². The van der Waals surface area contributed by atoms with Crippen molar-refractivity contribution in [2.24, 2.45) is 0 Å². The summed E-state index contributed by atoms with van der Waals surface area (Å²) >= 11 is 0. The zero-order valence-electron chi connectivity index (χ0n) is 17.8. The molecular formula is C25H24N4O2. The van der Waals surface area contributed by atoms with Crippen LogP contribution < -0.4 is 10.1 Å². The van der Waals surface area contributed by atoms with Crippen molar-refractivity contribution in [3.05, 3.63) is 78.4 Å². The van der Waals surface area contributed by atoms with E-state index in [1.165, 1.54) is 0 Å². The van der Waals surface area contributed by atoms with Gasteiger partial charge in [-0.2, -0.15) is 0 Å². The van der Waals surface area contributed by atoms with Crippen molar-refractivity contribution in [2.45, 2.75) is 6.92 Å². The molecule has 6 nitrogen and oxygen atoms in total. The van der Waals surface area contributed by atoms with Gasteiger partial charge in [0.1, 0.15) is 11.4 Å². The Bertz CT molecular complexity index is 1200. The average molecular weight is 412 g/mol. The number of fused-ring (bicyclic) bond motifs is 1. The van der Waals surface area contributed by atoms with Crippen molar-refractivity contribution in [2.75, 3.05) is 26.0 Å². The summed E-state index contributed by atoms with van der Waals surface area (Å²) in [4.78, 5) is 13.7. The third-order valence-electron chi connectivity index (χ3n) is 4.93. The molecule has 31 heavy (non-hydrogen) atoms. The highest BCUT2D eigenvalue weighted by molar-refractivity contribution is 6.01. The summed E-state index contributed by atoms with van der Waals surface area (Å²) in [6.07, 6.45) is 0. The van der Waals surface area contributed by atoms with Crippen molar-refractivity contribution < 1.29 is 9.53 Å². The second kappa shape index (κ2) is 8.83. The van der Waals surface area contributed by atoms with Crippen LogP contribution in [0.3, 0.4) is 0 Å². The number of carbonyl (C=O) groups is 1. The molecule has 0 aliphatic heterocycles. The molecule has 0 fully saturated rings. The maximum absolute atomic E-state index is 12.1. The maximum atomic E-state index is 12.1. The summed E-state index contributed by atoms with van der Waals surface area (Å²) < 4.78 is 5.54. The molecule has 0 unspecified atom stereocenters. The molecule has 1 aromatic heterocycles. The number of amides is 1. The van der Waals surface area contributed by atoms with E-state index in [1.807, 2.05) is 67.6 Å². The van der Waals surface area contributed by atoms with Crippen LogP contribution >= 0.6 is 0 Å². The van der Waals surface area contributed by atoms with Gasteiger partial charge in [-0.05, 0) is 55.5 Å². The second-order valence-corrected chi connectivity index (χ2v) is 7.30. The highest BCUT2D eigenvalue weighted by Gasteiger charge is 2.12. The molecule has 0 radical (unpaired) electrons. The summed E-state index contributed by atoms with van der Waals surface area (Å²) in [6.45, 7) is 2.60. The van der Waals surface area contributed by atoms with Crippen LogP contribution in [0, 0.1) is 0 Å². The maximum Gasteiger partial charge on any atom is 0.253 e. The van der Waals surface area contributed by atoms with Crippen molar-refractivity contribution >= 4 is 28.2 Å². The summed E-state index contributed by atoms with van der Waals surface area (Å²) in [7, 11) is 3.48. The fraction of sp³-hybridized carbons (Fsp3) is 0.160. The number of hydrogen-bond acceptors (Lipinski definition) is 5. The fourth-order valence-electron chi connectivity index (χ4n) is 3.38. The smallest absolute Gasteiger partial charge is 0.253 e. The monoisotopic (exact) mass is 412 g/mol. The number of ether oxygens (including phenoxy) is 1. The molecule has 0 bridgehead atoms. The molecule has 1 N–H and O–H groups in total. The molecule has 3 aromatic carbocycles. The van der Waals surface area contributed by atoms with Gasteiger partial charge < -0.3 is 15.0 Å². The van der Waals surface area contributed by atoms with Gasteiger partial charge in [-0.1, -0.05) is 24.3 Å². The van der Waals surface area contributed by atoms with Gasteiger partial charge >= 0.3 is 0 Å². The molecule has 0 saturated heterocycles. The molecule has 0 spiro atoms. The SMILES string of the molecule is CCOc1ccc(-c2nnc(Nc3ccc(C(=O)N(C)C)cc3)c3ccccc23)cc1.